The topological polar surface area (TPSA) is 59.8 Å². The molecule has 3 aromatic rings. The van der Waals surface area contributed by atoms with Gasteiger partial charge in [0.05, 0.1) is 11.9 Å². The van der Waals surface area contributed by atoms with Crippen molar-refractivity contribution in [3.63, 3.8) is 0 Å². The van der Waals surface area contributed by atoms with Gasteiger partial charge in [0.15, 0.2) is 0 Å². The van der Waals surface area contributed by atoms with Crippen LogP contribution in [-0.4, -0.2) is 27.0 Å². The molecule has 2 aromatic heterocycles. The van der Waals surface area contributed by atoms with Gasteiger partial charge in [-0.05, 0) is 30.9 Å². The molecule has 1 amide bonds. The third-order valence-corrected chi connectivity index (χ3v) is 3.56. The van der Waals surface area contributed by atoms with Gasteiger partial charge in [0.1, 0.15) is 5.69 Å². The quantitative estimate of drug-likeness (QED) is 0.736. The van der Waals surface area contributed by atoms with Crippen LogP contribution in [0, 0.1) is 6.92 Å². The third kappa shape index (κ3) is 3.14. The number of para-hydroxylation sites is 1. The average molecular weight is 294 g/mol. The molecule has 0 saturated heterocycles. The first-order valence-corrected chi connectivity index (χ1v) is 7.35. The zero-order chi connectivity index (χ0) is 15.4. The van der Waals surface area contributed by atoms with Crippen LogP contribution in [0.3, 0.4) is 0 Å². The maximum Gasteiger partial charge on any atom is 0.271 e. The lowest BCUT2D eigenvalue weighted by Gasteiger charge is -2.07. The number of carbonyl (C=O) groups is 1. The molecule has 0 atom stereocenters. The summed E-state index contributed by atoms with van der Waals surface area (Å²) in [6.45, 7) is 3.32. The van der Waals surface area contributed by atoms with E-state index in [0.29, 0.717) is 12.2 Å². The number of carbonyl (C=O) groups excluding carboxylic acids is 1. The lowest BCUT2D eigenvalue weighted by Crippen LogP contribution is -2.26. The Morgan fingerprint density at radius 3 is 2.86 bits per heavy atom. The molecule has 1 N–H and O–H groups in total. The van der Waals surface area contributed by atoms with Gasteiger partial charge in [0.2, 0.25) is 0 Å². The van der Waals surface area contributed by atoms with Crippen LogP contribution in [0.1, 0.15) is 22.6 Å². The molecule has 5 nitrogen and oxygen atoms in total. The zero-order valence-corrected chi connectivity index (χ0v) is 12.5. The molecule has 3 rings (SSSR count). The first-order chi connectivity index (χ1) is 10.7. The highest BCUT2D eigenvalue weighted by Gasteiger charge is 2.06. The van der Waals surface area contributed by atoms with E-state index in [1.54, 1.807) is 6.20 Å². The van der Waals surface area contributed by atoms with E-state index in [1.165, 1.54) is 17.1 Å². The maximum absolute atomic E-state index is 11.9. The Hall–Kier alpha value is -2.69. The van der Waals surface area contributed by atoms with Crippen LogP contribution in [-0.2, 0) is 6.54 Å². The number of aromatic nitrogens is 3. The highest BCUT2D eigenvalue weighted by Crippen LogP contribution is 2.15. The molecule has 1 aromatic carbocycles. The van der Waals surface area contributed by atoms with E-state index in [9.17, 15) is 4.79 Å². The minimum Gasteiger partial charge on any atom is -0.351 e. The fourth-order valence-electron chi connectivity index (χ4n) is 2.39. The van der Waals surface area contributed by atoms with Crippen molar-refractivity contribution in [3.05, 3.63) is 60.3 Å². The van der Waals surface area contributed by atoms with Gasteiger partial charge in [0, 0.05) is 31.0 Å². The highest BCUT2D eigenvalue weighted by molar-refractivity contribution is 5.91. The van der Waals surface area contributed by atoms with Crippen LogP contribution in [0.2, 0.25) is 0 Å². The second-order valence-electron chi connectivity index (χ2n) is 5.22. The number of hydrogen-bond acceptors (Lipinski definition) is 3. The highest BCUT2D eigenvalue weighted by atomic mass is 16.1. The molecule has 5 heteroatoms. The summed E-state index contributed by atoms with van der Waals surface area (Å²) in [6.07, 6.45) is 6.05. The standard InChI is InChI=1S/C17H18N4O/c1-13-11-20-15(12-19-13)17(22)18-8-4-9-21-10-7-14-5-2-3-6-16(14)21/h2-3,5-7,10-12H,4,8-9H2,1H3,(H,18,22). The Balaban J connectivity index is 1.51. The van der Waals surface area contributed by atoms with Crippen LogP contribution < -0.4 is 5.32 Å². The van der Waals surface area contributed by atoms with Crippen molar-refractivity contribution in [3.8, 4) is 0 Å². The summed E-state index contributed by atoms with van der Waals surface area (Å²) >= 11 is 0. The Morgan fingerprint density at radius 1 is 1.18 bits per heavy atom. The van der Waals surface area contributed by atoms with Crippen molar-refractivity contribution in [2.45, 2.75) is 19.9 Å². The molecule has 0 bridgehead atoms. The second kappa shape index (κ2) is 6.39. The van der Waals surface area contributed by atoms with Crippen molar-refractivity contribution in [1.82, 2.24) is 19.9 Å². The summed E-state index contributed by atoms with van der Waals surface area (Å²) in [4.78, 5) is 20.1. The van der Waals surface area contributed by atoms with Crippen molar-refractivity contribution < 1.29 is 4.79 Å². The predicted octanol–water partition coefficient (Wildman–Crippen LogP) is 2.56. The molecule has 0 aliphatic heterocycles. The molecule has 22 heavy (non-hydrogen) atoms. The van der Waals surface area contributed by atoms with Crippen LogP contribution in [0.4, 0.5) is 0 Å². The number of fused-ring (bicyclic) bond motifs is 1. The number of nitrogens with zero attached hydrogens (tertiary/aromatic N) is 3. The summed E-state index contributed by atoms with van der Waals surface area (Å²) in [5, 5.41) is 4.11. The summed E-state index contributed by atoms with van der Waals surface area (Å²) in [5.74, 6) is -0.176. The summed E-state index contributed by atoms with van der Waals surface area (Å²) in [7, 11) is 0. The number of aryl methyl sites for hydroxylation is 2. The molecular weight excluding hydrogens is 276 g/mol. The SMILES string of the molecule is Cc1cnc(C(=O)NCCCn2ccc3ccccc32)cn1. The molecule has 112 valence electrons. The Bertz CT molecular complexity index is 777. The van der Waals surface area contributed by atoms with E-state index in [1.807, 2.05) is 19.1 Å². The minimum atomic E-state index is -0.176. The van der Waals surface area contributed by atoms with Gasteiger partial charge in [-0.3, -0.25) is 9.78 Å². The van der Waals surface area contributed by atoms with Crippen LogP contribution >= 0.6 is 0 Å². The lowest BCUT2D eigenvalue weighted by atomic mass is 10.2. The van der Waals surface area contributed by atoms with Gasteiger partial charge in [-0.25, -0.2) is 4.98 Å². The number of benzene rings is 1. The molecule has 0 saturated carbocycles. The number of rotatable bonds is 5. The van der Waals surface area contributed by atoms with Gasteiger partial charge in [0.25, 0.3) is 5.91 Å². The Kier molecular flexibility index (Phi) is 4.14. The van der Waals surface area contributed by atoms with E-state index in [4.69, 9.17) is 0 Å². The lowest BCUT2D eigenvalue weighted by molar-refractivity contribution is 0.0947. The van der Waals surface area contributed by atoms with Gasteiger partial charge < -0.3 is 9.88 Å². The molecule has 2 heterocycles. The number of nitrogens with one attached hydrogen (secondary N) is 1. The molecular formula is C17H18N4O. The summed E-state index contributed by atoms with van der Waals surface area (Å²) < 4.78 is 2.20. The van der Waals surface area contributed by atoms with Crippen LogP contribution in [0.15, 0.2) is 48.9 Å². The molecule has 0 spiro atoms. The van der Waals surface area contributed by atoms with Crippen molar-refractivity contribution in [2.75, 3.05) is 6.54 Å². The normalized spacial score (nSPS) is 10.8. The molecule has 0 fully saturated rings. The maximum atomic E-state index is 11.9. The average Bonchev–Trinajstić information content (AvgIpc) is 2.95. The van der Waals surface area contributed by atoms with E-state index in [2.05, 4.69) is 44.2 Å². The van der Waals surface area contributed by atoms with Crippen molar-refractivity contribution >= 4 is 16.8 Å². The Morgan fingerprint density at radius 2 is 2.05 bits per heavy atom. The van der Waals surface area contributed by atoms with Gasteiger partial charge >= 0.3 is 0 Å². The van der Waals surface area contributed by atoms with Gasteiger partial charge in [-0.15, -0.1) is 0 Å². The predicted molar refractivity (Wildman–Crippen MR) is 85.7 cm³/mol. The second-order valence-corrected chi connectivity index (χ2v) is 5.22. The fraction of sp³-hybridized carbons (Fsp3) is 0.235. The number of hydrogen-bond donors (Lipinski definition) is 1. The first kappa shape index (κ1) is 14.3. The Labute approximate surface area is 129 Å². The molecule has 0 radical (unpaired) electrons. The molecule has 0 unspecified atom stereocenters. The monoisotopic (exact) mass is 294 g/mol. The van der Waals surface area contributed by atoms with Crippen LogP contribution in [0.25, 0.3) is 10.9 Å². The van der Waals surface area contributed by atoms with Crippen molar-refractivity contribution in [2.24, 2.45) is 0 Å². The van der Waals surface area contributed by atoms with E-state index in [0.717, 1.165) is 18.7 Å². The van der Waals surface area contributed by atoms with Crippen molar-refractivity contribution in [1.29, 1.82) is 0 Å². The molecule has 0 aliphatic rings. The smallest absolute Gasteiger partial charge is 0.271 e. The van der Waals surface area contributed by atoms with E-state index < -0.39 is 0 Å². The summed E-state index contributed by atoms with van der Waals surface area (Å²) in [5.41, 5.74) is 2.38. The largest absolute Gasteiger partial charge is 0.351 e. The van der Waals surface area contributed by atoms with Crippen LogP contribution in [0.5, 0.6) is 0 Å². The third-order valence-electron chi connectivity index (χ3n) is 3.56. The number of amides is 1. The fourth-order valence-corrected chi connectivity index (χ4v) is 2.39. The van der Waals surface area contributed by atoms with Gasteiger partial charge in [-0.2, -0.15) is 0 Å². The zero-order valence-electron chi connectivity index (χ0n) is 12.5. The minimum absolute atomic E-state index is 0.176. The summed E-state index contributed by atoms with van der Waals surface area (Å²) in [6, 6.07) is 10.4. The van der Waals surface area contributed by atoms with E-state index >= 15 is 0 Å². The van der Waals surface area contributed by atoms with E-state index in [-0.39, 0.29) is 5.91 Å². The van der Waals surface area contributed by atoms with Gasteiger partial charge in [-0.1, -0.05) is 18.2 Å². The molecule has 0 aliphatic carbocycles. The first-order valence-electron chi connectivity index (χ1n) is 7.35.